The molecule has 3 rings (SSSR count). The monoisotopic (exact) mass is 326 g/mol. The minimum absolute atomic E-state index is 0.0327. The molecule has 1 saturated carbocycles. The molecule has 1 aliphatic carbocycles. The number of halogens is 1. The van der Waals surface area contributed by atoms with E-state index >= 15 is 0 Å². The van der Waals surface area contributed by atoms with Crippen LogP contribution in [0.25, 0.3) is 6.08 Å². The SMILES string of the molecule is CC1CC1c1ccc(/C=C(\C#N)C(=O)Nc2ccccc2Cl)o1. The largest absolute Gasteiger partial charge is 0.461 e. The summed E-state index contributed by atoms with van der Waals surface area (Å²) in [4.78, 5) is 12.2. The standard InChI is InChI=1S/C18H15ClN2O2/c1-11-8-14(11)17-7-6-13(23-17)9-12(10-20)18(22)21-16-5-3-2-4-15(16)19/h2-7,9,11,14H,8H2,1H3,(H,21,22)/b12-9+. The Morgan fingerprint density at radius 2 is 2.13 bits per heavy atom. The highest BCUT2D eigenvalue weighted by Crippen LogP contribution is 2.47. The van der Waals surface area contributed by atoms with E-state index in [1.807, 2.05) is 12.1 Å². The van der Waals surface area contributed by atoms with Gasteiger partial charge in [-0.1, -0.05) is 30.7 Å². The van der Waals surface area contributed by atoms with Crippen molar-refractivity contribution in [1.29, 1.82) is 5.26 Å². The summed E-state index contributed by atoms with van der Waals surface area (Å²) in [5.74, 6) is 1.99. The zero-order valence-corrected chi connectivity index (χ0v) is 13.3. The predicted molar refractivity (Wildman–Crippen MR) is 88.9 cm³/mol. The number of anilines is 1. The summed E-state index contributed by atoms with van der Waals surface area (Å²) >= 11 is 6.00. The van der Waals surface area contributed by atoms with Crippen molar-refractivity contribution in [3.63, 3.8) is 0 Å². The Kier molecular flexibility index (Phi) is 4.22. The topological polar surface area (TPSA) is 66.0 Å². The van der Waals surface area contributed by atoms with Crippen LogP contribution in [0, 0.1) is 17.2 Å². The summed E-state index contributed by atoms with van der Waals surface area (Å²) < 4.78 is 5.70. The maximum absolute atomic E-state index is 12.2. The fourth-order valence-corrected chi connectivity index (χ4v) is 2.59. The lowest BCUT2D eigenvalue weighted by Gasteiger charge is -2.05. The van der Waals surface area contributed by atoms with Crippen LogP contribution >= 0.6 is 11.6 Å². The molecule has 5 heteroatoms. The Hall–Kier alpha value is -2.51. The first kappa shape index (κ1) is 15.4. The van der Waals surface area contributed by atoms with E-state index in [0.717, 1.165) is 12.2 Å². The Morgan fingerprint density at radius 1 is 1.39 bits per heavy atom. The van der Waals surface area contributed by atoms with Gasteiger partial charge in [-0.25, -0.2) is 0 Å². The molecule has 0 spiro atoms. The van der Waals surface area contributed by atoms with E-state index in [0.29, 0.717) is 28.3 Å². The number of nitrogens with one attached hydrogen (secondary N) is 1. The number of hydrogen-bond donors (Lipinski definition) is 1. The van der Waals surface area contributed by atoms with E-state index in [2.05, 4.69) is 12.2 Å². The van der Waals surface area contributed by atoms with Crippen LogP contribution in [0.15, 0.2) is 46.4 Å². The molecular formula is C18H15ClN2O2. The fourth-order valence-electron chi connectivity index (χ4n) is 2.41. The summed E-state index contributed by atoms with van der Waals surface area (Å²) in [5.41, 5.74) is 0.432. The molecule has 1 aliphatic rings. The number of furan rings is 1. The van der Waals surface area contributed by atoms with Crippen LogP contribution in [0.2, 0.25) is 5.02 Å². The number of para-hydroxylation sites is 1. The minimum atomic E-state index is -0.515. The second kappa shape index (κ2) is 6.31. The molecule has 0 bridgehead atoms. The Bertz CT molecular complexity index is 816. The molecule has 1 N–H and O–H groups in total. The van der Waals surface area contributed by atoms with Crippen molar-refractivity contribution in [2.24, 2.45) is 5.92 Å². The zero-order chi connectivity index (χ0) is 16.4. The van der Waals surface area contributed by atoms with Gasteiger partial charge >= 0.3 is 0 Å². The highest BCUT2D eigenvalue weighted by molar-refractivity contribution is 6.34. The number of nitrogens with zero attached hydrogens (tertiary/aromatic N) is 1. The first-order valence-electron chi connectivity index (χ1n) is 7.36. The van der Waals surface area contributed by atoms with Crippen LogP contribution in [-0.2, 0) is 4.79 Å². The van der Waals surface area contributed by atoms with E-state index in [9.17, 15) is 10.1 Å². The molecule has 2 unspecified atom stereocenters. The summed E-state index contributed by atoms with van der Waals surface area (Å²) in [6.07, 6.45) is 2.57. The van der Waals surface area contributed by atoms with Crippen LogP contribution in [0.4, 0.5) is 5.69 Å². The summed E-state index contributed by atoms with van der Waals surface area (Å²) in [6.45, 7) is 2.17. The number of carbonyl (C=O) groups is 1. The number of carbonyl (C=O) groups excluding carboxylic acids is 1. The lowest BCUT2D eigenvalue weighted by Crippen LogP contribution is -2.13. The van der Waals surface area contributed by atoms with Gasteiger partial charge in [-0.15, -0.1) is 0 Å². The van der Waals surface area contributed by atoms with E-state index in [1.54, 1.807) is 30.3 Å². The van der Waals surface area contributed by atoms with E-state index < -0.39 is 5.91 Å². The first-order chi connectivity index (χ1) is 11.1. The van der Waals surface area contributed by atoms with E-state index in [4.69, 9.17) is 16.0 Å². The van der Waals surface area contributed by atoms with Crippen molar-refractivity contribution < 1.29 is 9.21 Å². The highest BCUT2D eigenvalue weighted by Gasteiger charge is 2.36. The third-order valence-electron chi connectivity index (χ3n) is 3.90. The summed E-state index contributed by atoms with van der Waals surface area (Å²) in [5, 5.41) is 12.3. The van der Waals surface area contributed by atoms with Gasteiger partial charge in [0.25, 0.3) is 5.91 Å². The number of amides is 1. The molecule has 116 valence electrons. The maximum atomic E-state index is 12.2. The second-order valence-corrected chi connectivity index (χ2v) is 6.07. The molecule has 1 heterocycles. The van der Waals surface area contributed by atoms with Gasteiger partial charge in [0.15, 0.2) is 0 Å². The maximum Gasteiger partial charge on any atom is 0.266 e. The molecule has 1 amide bonds. The molecule has 23 heavy (non-hydrogen) atoms. The normalized spacial score (nSPS) is 20.0. The van der Waals surface area contributed by atoms with E-state index in [-0.39, 0.29) is 5.57 Å². The van der Waals surface area contributed by atoms with Gasteiger partial charge in [0, 0.05) is 12.0 Å². The highest BCUT2D eigenvalue weighted by atomic mass is 35.5. The number of hydrogen-bond acceptors (Lipinski definition) is 3. The molecule has 0 saturated heterocycles. The molecule has 2 aromatic rings. The molecular weight excluding hydrogens is 312 g/mol. The van der Waals surface area contributed by atoms with Crippen molar-refractivity contribution in [3.8, 4) is 6.07 Å². The molecule has 4 nitrogen and oxygen atoms in total. The number of benzene rings is 1. The van der Waals surface area contributed by atoms with Crippen LogP contribution in [0.3, 0.4) is 0 Å². The van der Waals surface area contributed by atoms with Gasteiger partial charge in [0.2, 0.25) is 0 Å². The zero-order valence-electron chi connectivity index (χ0n) is 12.5. The lowest BCUT2D eigenvalue weighted by atomic mass is 10.2. The predicted octanol–water partition coefficient (Wildman–Crippen LogP) is 4.60. The summed E-state index contributed by atoms with van der Waals surface area (Å²) in [6, 6.07) is 12.4. The van der Waals surface area contributed by atoms with Gasteiger partial charge < -0.3 is 9.73 Å². The van der Waals surface area contributed by atoms with Gasteiger partial charge in [-0.3, -0.25) is 4.79 Å². The Labute approximate surface area is 139 Å². The third kappa shape index (κ3) is 3.46. The lowest BCUT2D eigenvalue weighted by molar-refractivity contribution is -0.112. The second-order valence-electron chi connectivity index (χ2n) is 5.66. The van der Waals surface area contributed by atoms with Crippen molar-refractivity contribution in [2.45, 2.75) is 19.3 Å². The molecule has 1 aromatic carbocycles. The van der Waals surface area contributed by atoms with Gasteiger partial charge in [-0.2, -0.15) is 5.26 Å². The molecule has 0 radical (unpaired) electrons. The third-order valence-corrected chi connectivity index (χ3v) is 4.23. The van der Waals surface area contributed by atoms with Gasteiger partial charge in [-0.05, 0) is 36.6 Å². The minimum Gasteiger partial charge on any atom is -0.461 e. The Balaban J connectivity index is 1.76. The van der Waals surface area contributed by atoms with Crippen molar-refractivity contribution in [3.05, 3.63) is 58.5 Å². The average Bonchev–Trinajstić information content (AvgIpc) is 3.09. The average molecular weight is 327 g/mol. The quantitative estimate of drug-likeness (QED) is 0.659. The molecule has 1 aromatic heterocycles. The molecule has 0 aliphatic heterocycles. The van der Waals surface area contributed by atoms with Gasteiger partial charge in [0.1, 0.15) is 23.2 Å². The Morgan fingerprint density at radius 3 is 2.78 bits per heavy atom. The van der Waals surface area contributed by atoms with Crippen molar-refractivity contribution in [2.75, 3.05) is 5.32 Å². The van der Waals surface area contributed by atoms with Crippen molar-refractivity contribution in [1.82, 2.24) is 0 Å². The van der Waals surface area contributed by atoms with Crippen LogP contribution in [-0.4, -0.2) is 5.91 Å². The van der Waals surface area contributed by atoms with Crippen LogP contribution < -0.4 is 5.32 Å². The van der Waals surface area contributed by atoms with Crippen LogP contribution in [0.5, 0.6) is 0 Å². The smallest absolute Gasteiger partial charge is 0.266 e. The van der Waals surface area contributed by atoms with Crippen molar-refractivity contribution >= 4 is 29.3 Å². The van der Waals surface area contributed by atoms with Crippen LogP contribution in [0.1, 0.15) is 30.8 Å². The number of rotatable bonds is 4. The molecule has 1 fully saturated rings. The number of nitriles is 1. The van der Waals surface area contributed by atoms with E-state index in [1.165, 1.54) is 6.08 Å². The fraction of sp³-hybridized carbons (Fsp3) is 0.222. The first-order valence-corrected chi connectivity index (χ1v) is 7.73. The molecule has 2 atom stereocenters. The van der Waals surface area contributed by atoms with Gasteiger partial charge in [0.05, 0.1) is 10.7 Å². The summed E-state index contributed by atoms with van der Waals surface area (Å²) in [7, 11) is 0.